The first-order valence-corrected chi connectivity index (χ1v) is 14.5. The van der Waals surface area contributed by atoms with Crippen molar-refractivity contribution in [1.82, 2.24) is 4.90 Å². The number of nitrogens with zero attached hydrogens (tertiary/aromatic N) is 1. The second-order valence-electron chi connectivity index (χ2n) is 9.13. The molecule has 0 aliphatic carbocycles. The molecule has 6 nitrogen and oxygen atoms in total. The van der Waals surface area contributed by atoms with Gasteiger partial charge in [-0.2, -0.15) is 0 Å². The summed E-state index contributed by atoms with van der Waals surface area (Å²) in [5.74, 6) is -0.391. The van der Waals surface area contributed by atoms with Crippen molar-refractivity contribution in [3.05, 3.63) is 130 Å². The van der Waals surface area contributed by atoms with Crippen LogP contribution in [-0.2, 0) is 21.1 Å². The Morgan fingerprint density at radius 1 is 0.821 bits per heavy atom. The third kappa shape index (κ3) is 6.93. The van der Waals surface area contributed by atoms with Crippen LogP contribution in [0, 0.1) is 0 Å². The van der Waals surface area contributed by atoms with Crippen LogP contribution >= 0.6 is 11.6 Å². The Balaban J connectivity index is 1.44. The Morgan fingerprint density at radius 2 is 1.41 bits per heavy atom. The van der Waals surface area contributed by atoms with E-state index in [9.17, 15) is 18.0 Å². The summed E-state index contributed by atoms with van der Waals surface area (Å²) in [6, 6.07) is 30.0. The Bertz CT molecular complexity index is 1540. The standard InChI is InChI=1S/C31H29ClN2O4S/c1-3-39(37,38)28-19-9-22(10-20-28)21-29(35)33-27-17-13-25(14-18-27)31(36)34(2)30(23-7-5-4-6-8-23)24-11-15-26(32)16-12-24/h4-20,30H,3,21H2,1-2H3,(H,33,35)/t30-/m1/s1. The molecule has 0 radical (unpaired) electrons. The first-order chi connectivity index (χ1) is 18.7. The summed E-state index contributed by atoms with van der Waals surface area (Å²) in [5.41, 5.74) is 3.65. The monoisotopic (exact) mass is 560 g/mol. The quantitative estimate of drug-likeness (QED) is 0.265. The van der Waals surface area contributed by atoms with E-state index in [1.54, 1.807) is 55.3 Å². The normalized spacial score (nSPS) is 12.0. The highest BCUT2D eigenvalue weighted by atomic mass is 35.5. The second-order valence-corrected chi connectivity index (χ2v) is 11.8. The fourth-order valence-corrected chi connectivity index (χ4v) is 5.32. The average molecular weight is 561 g/mol. The van der Waals surface area contributed by atoms with Crippen molar-refractivity contribution in [3.8, 4) is 0 Å². The van der Waals surface area contributed by atoms with E-state index in [4.69, 9.17) is 11.6 Å². The van der Waals surface area contributed by atoms with Crippen LogP contribution in [0.25, 0.3) is 0 Å². The summed E-state index contributed by atoms with van der Waals surface area (Å²) in [5, 5.41) is 3.45. The molecule has 4 aromatic carbocycles. The minimum Gasteiger partial charge on any atom is -0.331 e. The van der Waals surface area contributed by atoms with Crippen LogP contribution in [0.1, 0.15) is 40.0 Å². The van der Waals surface area contributed by atoms with E-state index in [1.165, 1.54) is 12.1 Å². The van der Waals surface area contributed by atoms with Crippen molar-refractivity contribution < 1.29 is 18.0 Å². The minimum atomic E-state index is -3.29. The molecule has 0 heterocycles. The van der Waals surface area contributed by atoms with Crippen LogP contribution < -0.4 is 5.32 Å². The van der Waals surface area contributed by atoms with E-state index in [1.807, 2.05) is 54.6 Å². The number of nitrogens with one attached hydrogen (secondary N) is 1. The molecule has 200 valence electrons. The first-order valence-electron chi connectivity index (χ1n) is 12.5. The molecule has 39 heavy (non-hydrogen) atoms. The molecule has 1 N–H and O–H groups in total. The number of anilines is 1. The first kappa shape index (κ1) is 28.1. The molecule has 0 bridgehead atoms. The lowest BCUT2D eigenvalue weighted by atomic mass is 9.96. The second kappa shape index (κ2) is 12.3. The summed E-state index contributed by atoms with van der Waals surface area (Å²) in [6.45, 7) is 1.59. The molecule has 0 aliphatic heterocycles. The summed E-state index contributed by atoms with van der Waals surface area (Å²) >= 11 is 6.09. The lowest BCUT2D eigenvalue weighted by Crippen LogP contribution is -2.32. The largest absolute Gasteiger partial charge is 0.331 e. The maximum atomic E-state index is 13.5. The number of hydrogen-bond acceptors (Lipinski definition) is 4. The fourth-order valence-electron chi connectivity index (χ4n) is 4.31. The van der Waals surface area contributed by atoms with Gasteiger partial charge in [-0.05, 0) is 65.2 Å². The number of amides is 2. The Kier molecular flexibility index (Phi) is 8.84. The third-order valence-electron chi connectivity index (χ3n) is 6.45. The highest BCUT2D eigenvalue weighted by Crippen LogP contribution is 2.30. The zero-order chi connectivity index (χ0) is 28.0. The van der Waals surface area contributed by atoms with Gasteiger partial charge < -0.3 is 10.2 Å². The zero-order valence-corrected chi connectivity index (χ0v) is 23.2. The van der Waals surface area contributed by atoms with E-state index in [2.05, 4.69) is 5.32 Å². The Morgan fingerprint density at radius 3 is 2.00 bits per heavy atom. The van der Waals surface area contributed by atoms with E-state index >= 15 is 0 Å². The average Bonchev–Trinajstić information content (AvgIpc) is 2.95. The molecule has 0 aromatic heterocycles. The Labute approximate surface area is 234 Å². The van der Waals surface area contributed by atoms with Crippen LogP contribution in [0.3, 0.4) is 0 Å². The van der Waals surface area contributed by atoms with Crippen LogP contribution in [0.2, 0.25) is 5.02 Å². The van der Waals surface area contributed by atoms with E-state index in [0.29, 0.717) is 21.8 Å². The van der Waals surface area contributed by atoms with Crippen LogP contribution in [-0.4, -0.2) is 37.9 Å². The van der Waals surface area contributed by atoms with Crippen LogP contribution in [0.4, 0.5) is 5.69 Å². The number of carbonyl (C=O) groups is 2. The SMILES string of the molecule is CCS(=O)(=O)c1ccc(CC(=O)Nc2ccc(C(=O)N(C)[C@H](c3ccccc3)c3ccc(Cl)cc3)cc2)cc1. The van der Waals surface area contributed by atoms with Gasteiger partial charge in [0.15, 0.2) is 9.84 Å². The smallest absolute Gasteiger partial charge is 0.254 e. The van der Waals surface area contributed by atoms with Gasteiger partial charge in [0, 0.05) is 23.3 Å². The van der Waals surface area contributed by atoms with Crippen molar-refractivity contribution in [2.24, 2.45) is 0 Å². The predicted molar refractivity (Wildman–Crippen MR) is 155 cm³/mol. The lowest BCUT2D eigenvalue weighted by molar-refractivity contribution is -0.115. The molecule has 8 heteroatoms. The summed E-state index contributed by atoms with van der Waals surface area (Å²) < 4.78 is 24.0. The Hall–Kier alpha value is -3.94. The maximum absolute atomic E-state index is 13.5. The highest BCUT2D eigenvalue weighted by molar-refractivity contribution is 7.91. The van der Waals surface area contributed by atoms with Gasteiger partial charge in [0.2, 0.25) is 5.91 Å². The molecule has 0 fully saturated rings. The number of carbonyl (C=O) groups excluding carboxylic acids is 2. The number of halogens is 1. The van der Waals surface area contributed by atoms with Gasteiger partial charge in [-0.25, -0.2) is 8.42 Å². The van der Waals surface area contributed by atoms with Crippen molar-refractivity contribution in [2.45, 2.75) is 24.3 Å². The lowest BCUT2D eigenvalue weighted by Gasteiger charge is -2.29. The van der Waals surface area contributed by atoms with Crippen molar-refractivity contribution in [1.29, 1.82) is 0 Å². The predicted octanol–water partition coefficient (Wildman–Crippen LogP) is 6.18. The number of sulfone groups is 1. The summed E-state index contributed by atoms with van der Waals surface area (Å²) in [7, 11) is -1.52. The van der Waals surface area contributed by atoms with Crippen LogP contribution in [0.5, 0.6) is 0 Å². The molecular weight excluding hydrogens is 532 g/mol. The van der Waals surface area contributed by atoms with E-state index < -0.39 is 9.84 Å². The number of hydrogen-bond donors (Lipinski definition) is 1. The number of benzene rings is 4. The highest BCUT2D eigenvalue weighted by Gasteiger charge is 2.24. The molecule has 2 amide bonds. The zero-order valence-electron chi connectivity index (χ0n) is 21.7. The van der Waals surface area contributed by atoms with Gasteiger partial charge in [0.1, 0.15) is 0 Å². The molecule has 0 unspecified atom stereocenters. The van der Waals surface area contributed by atoms with Gasteiger partial charge in [0.05, 0.1) is 23.1 Å². The summed E-state index contributed by atoms with van der Waals surface area (Å²) in [6.07, 6.45) is 0.0930. The molecule has 0 saturated carbocycles. The topological polar surface area (TPSA) is 83.5 Å². The van der Waals surface area contributed by atoms with Gasteiger partial charge in [-0.15, -0.1) is 0 Å². The molecule has 4 aromatic rings. The fraction of sp³-hybridized carbons (Fsp3) is 0.161. The molecule has 0 spiro atoms. The molecule has 0 saturated heterocycles. The van der Waals surface area contributed by atoms with Crippen molar-refractivity contribution >= 4 is 38.9 Å². The van der Waals surface area contributed by atoms with Crippen molar-refractivity contribution in [3.63, 3.8) is 0 Å². The number of rotatable bonds is 9. The summed E-state index contributed by atoms with van der Waals surface area (Å²) in [4.78, 5) is 28.0. The maximum Gasteiger partial charge on any atom is 0.254 e. The molecular formula is C31H29ClN2O4S. The van der Waals surface area contributed by atoms with Gasteiger partial charge in [0.25, 0.3) is 5.91 Å². The third-order valence-corrected chi connectivity index (χ3v) is 8.45. The van der Waals surface area contributed by atoms with Crippen LogP contribution in [0.15, 0.2) is 108 Å². The molecule has 1 atom stereocenters. The van der Waals surface area contributed by atoms with Gasteiger partial charge in [-0.1, -0.05) is 73.1 Å². The van der Waals surface area contributed by atoms with Gasteiger partial charge >= 0.3 is 0 Å². The van der Waals surface area contributed by atoms with Crippen molar-refractivity contribution in [2.75, 3.05) is 18.1 Å². The molecule has 4 rings (SSSR count). The minimum absolute atomic E-state index is 0.0230. The van der Waals surface area contributed by atoms with Gasteiger partial charge in [-0.3, -0.25) is 9.59 Å². The van der Waals surface area contributed by atoms with E-state index in [0.717, 1.165) is 11.1 Å². The van der Waals surface area contributed by atoms with E-state index in [-0.39, 0.29) is 34.9 Å². The molecule has 0 aliphatic rings.